The molecule has 1 heterocycles. The minimum atomic E-state index is -0.0695. The Bertz CT molecular complexity index is 654. The second-order valence-electron chi connectivity index (χ2n) is 6.37. The SMILES string of the molecule is Oc1ccc(CC[C@H]2CC[C@H](Cc3ccc(O)c(O)c3)N2)cc1. The van der Waals surface area contributed by atoms with Crippen molar-refractivity contribution >= 4 is 0 Å². The van der Waals surface area contributed by atoms with Gasteiger partial charge in [0, 0.05) is 12.1 Å². The van der Waals surface area contributed by atoms with Gasteiger partial charge in [0.1, 0.15) is 5.75 Å². The monoisotopic (exact) mass is 313 g/mol. The Morgan fingerprint density at radius 3 is 2.26 bits per heavy atom. The van der Waals surface area contributed by atoms with Gasteiger partial charge < -0.3 is 20.6 Å². The lowest BCUT2D eigenvalue weighted by Crippen LogP contribution is -2.31. The maximum absolute atomic E-state index is 9.57. The fourth-order valence-corrected chi connectivity index (χ4v) is 3.28. The fraction of sp³-hybridized carbons (Fsp3) is 0.368. The van der Waals surface area contributed by atoms with Gasteiger partial charge in [-0.05, 0) is 67.5 Å². The standard InChI is InChI=1S/C19H23NO3/c21-17-8-2-13(3-9-17)1-5-15-6-7-16(20-15)11-14-4-10-18(22)19(23)12-14/h2-4,8-10,12,15-16,20-23H,1,5-7,11H2/t15-,16+/m0/s1. The number of aromatic hydroxyl groups is 3. The maximum atomic E-state index is 9.57. The van der Waals surface area contributed by atoms with Crippen LogP contribution in [0.25, 0.3) is 0 Å². The first-order valence-electron chi connectivity index (χ1n) is 8.15. The molecular formula is C19H23NO3. The summed E-state index contributed by atoms with van der Waals surface area (Å²) in [5.41, 5.74) is 2.29. The van der Waals surface area contributed by atoms with Gasteiger partial charge in [-0.15, -0.1) is 0 Å². The van der Waals surface area contributed by atoms with Crippen molar-refractivity contribution in [2.24, 2.45) is 0 Å². The molecule has 2 aromatic carbocycles. The minimum absolute atomic E-state index is 0.0515. The summed E-state index contributed by atoms with van der Waals surface area (Å²) in [5, 5.41) is 31.9. The van der Waals surface area contributed by atoms with Crippen molar-refractivity contribution in [3.8, 4) is 17.2 Å². The Kier molecular flexibility index (Phi) is 4.72. The quantitative estimate of drug-likeness (QED) is 0.640. The summed E-state index contributed by atoms with van der Waals surface area (Å²) in [5.74, 6) is 0.189. The van der Waals surface area contributed by atoms with E-state index in [1.165, 1.54) is 5.56 Å². The van der Waals surface area contributed by atoms with Crippen LogP contribution in [-0.4, -0.2) is 27.4 Å². The van der Waals surface area contributed by atoms with E-state index in [2.05, 4.69) is 5.32 Å². The van der Waals surface area contributed by atoms with Gasteiger partial charge in [0.05, 0.1) is 0 Å². The lowest BCUT2D eigenvalue weighted by atomic mass is 10.0. The molecule has 1 aliphatic rings. The number of phenols is 3. The zero-order chi connectivity index (χ0) is 16.2. The van der Waals surface area contributed by atoms with Crippen LogP contribution in [0.2, 0.25) is 0 Å². The summed E-state index contributed by atoms with van der Waals surface area (Å²) in [6.45, 7) is 0. The van der Waals surface area contributed by atoms with Crippen LogP contribution < -0.4 is 5.32 Å². The Balaban J connectivity index is 1.48. The Hall–Kier alpha value is -2.20. The van der Waals surface area contributed by atoms with E-state index in [-0.39, 0.29) is 11.5 Å². The third-order valence-corrected chi connectivity index (χ3v) is 4.57. The second kappa shape index (κ2) is 6.92. The molecule has 0 aliphatic carbocycles. The van der Waals surface area contributed by atoms with E-state index in [0.29, 0.717) is 17.8 Å². The minimum Gasteiger partial charge on any atom is -0.508 e. The lowest BCUT2D eigenvalue weighted by molar-refractivity contribution is 0.402. The molecule has 3 rings (SSSR count). The first-order valence-corrected chi connectivity index (χ1v) is 8.15. The van der Waals surface area contributed by atoms with Gasteiger partial charge in [0.15, 0.2) is 11.5 Å². The molecule has 4 N–H and O–H groups in total. The van der Waals surface area contributed by atoms with Gasteiger partial charge in [-0.2, -0.15) is 0 Å². The van der Waals surface area contributed by atoms with E-state index in [9.17, 15) is 15.3 Å². The Morgan fingerprint density at radius 1 is 0.826 bits per heavy atom. The van der Waals surface area contributed by atoms with E-state index in [1.54, 1.807) is 24.3 Å². The molecule has 4 nitrogen and oxygen atoms in total. The van der Waals surface area contributed by atoms with Crippen LogP contribution in [-0.2, 0) is 12.8 Å². The predicted molar refractivity (Wildman–Crippen MR) is 89.8 cm³/mol. The van der Waals surface area contributed by atoms with Crippen molar-refractivity contribution in [2.75, 3.05) is 0 Å². The molecule has 4 heteroatoms. The molecule has 2 aromatic rings. The second-order valence-corrected chi connectivity index (χ2v) is 6.37. The van der Waals surface area contributed by atoms with Gasteiger partial charge in [-0.1, -0.05) is 18.2 Å². The average Bonchev–Trinajstić information content (AvgIpc) is 2.98. The van der Waals surface area contributed by atoms with Crippen molar-refractivity contribution in [2.45, 2.75) is 44.2 Å². The van der Waals surface area contributed by atoms with Crippen molar-refractivity contribution in [1.82, 2.24) is 5.32 Å². The molecule has 0 unspecified atom stereocenters. The van der Waals surface area contributed by atoms with Crippen LogP contribution in [0.5, 0.6) is 17.2 Å². The lowest BCUT2D eigenvalue weighted by Gasteiger charge is -2.15. The van der Waals surface area contributed by atoms with E-state index in [1.807, 2.05) is 18.2 Å². The van der Waals surface area contributed by atoms with Gasteiger partial charge in [-0.3, -0.25) is 0 Å². The number of phenolic OH excluding ortho intramolecular Hbond substituents is 3. The van der Waals surface area contributed by atoms with Gasteiger partial charge in [-0.25, -0.2) is 0 Å². The van der Waals surface area contributed by atoms with Crippen molar-refractivity contribution < 1.29 is 15.3 Å². The topological polar surface area (TPSA) is 72.7 Å². The molecule has 0 amide bonds. The van der Waals surface area contributed by atoms with Crippen LogP contribution in [0, 0.1) is 0 Å². The summed E-state index contributed by atoms with van der Waals surface area (Å²) >= 11 is 0. The highest BCUT2D eigenvalue weighted by Gasteiger charge is 2.23. The highest BCUT2D eigenvalue weighted by atomic mass is 16.3. The van der Waals surface area contributed by atoms with E-state index in [4.69, 9.17) is 0 Å². The number of aryl methyl sites for hydroxylation is 1. The normalized spacial score (nSPS) is 20.7. The van der Waals surface area contributed by atoms with Crippen molar-refractivity contribution in [1.29, 1.82) is 0 Å². The van der Waals surface area contributed by atoms with Gasteiger partial charge in [0.25, 0.3) is 0 Å². The number of hydrogen-bond acceptors (Lipinski definition) is 4. The van der Waals surface area contributed by atoms with Crippen LogP contribution in [0.15, 0.2) is 42.5 Å². The van der Waals surface area contributed by atoms with Crippen molar-refractivity contribution in [3.63, 3.8) is 0 Å². The third kappa shape index (κ3) is 4.17. The zero-order valence-corrected chi connectivity index (χ0v) is 13.1. The molecule has 0 spiro atoms. The molecule has 122 valence electrons. The van der Waals surface area contributed by atoms with Crippen LogP contribution >= 0.6 is 0 Å². The number of benzene rings is 2. The third-order valence-electron chi connectivity index (χ3n) is 4.57. The summed E-state index contributed by atoms with van der Waals surface area (Å²) in [4.78, 5) is 0. The van der Waals surface area contributed by atoms with Crippen LogP contribution in [0.3, 0.4) is 0 Å². The van der Waals surface area contributed by atoms with Gasteiger partial charge in [0.2, 0.25) is 0 Å². The summed E-state index contributed by atoms with van der Waals surface area (Å²) in [7, 11) is 0. The fourth-order valence-electron chi connectivity index (χ4n) is 3.28. The summed E-state index contributed by atoms with van der Waals surface area (Å²) < 4.78 is 0. The summed E-state index contributed by atoms with van der Waals surface area (Å²) in [6.07, 6.45) is 5.24. The number of nitrogens with one attached hydrogen (secondary N) is 1. The number of hydrogen-bond donors (Lipinski definition) is 4. The Labute approximate surface area is 136 Å². The molecule has 2 atom stereocenters. The Morgan fingerprint density at radius 2 is 1.52 bits per heavy atom. The molecule has 23 heavy (non-hydrogen) atoms. The smallest absolute Gasteiger partial charge is 0.157 e. The van der Waals surface area contributed by atoms with Crippen LogP contribution in [0.1, 0.15) is 30.4 Å². The molecule has 0 aromatic heterocycles. The van der Waals surface area contributed by atoms with Crippen molar-refractivity contribution in [3.05, 3.63) is 53.6 Å². The molecule has 1 aliphatic heterocycles. The maximum Gasteiger partial charge on any atom is 0.157 e. The largest absolute Gasteiger partial charge is 0.508 e. The molecule has 1 fully saturated rings. The van der Waals surface area contributed by atoms with E-state index in [0.717, 1.165) is 37.7 Å². The molecule has 0 saturated carbocycles. The van der Waals surface area contributed by atoms with E-state index < -0.39 is 0 Å². The molecule has 0 radical (unpaired) electrons. The predicted octanol–water partition coefficient (Wildman–Crippen LogP) is 3.10. The first-order chi connectivity index (χ1) is 11.1. The van der Waals surface area contributed by atoms with Gasteiger partial charge >= 0.3 is 0 Å². The first kappa shape index (κ1) is 15.7. The van der Waals surface area contributed by atoms with E-state index >= 15 is 0 Å². The number of rotatable bonds is 5. The molecular weight excluding hydrogens is 290 g/mol. The zero-order valence-electron chi connectivity index (χ0n) is 13.1. The van der Waals surface area contributed by atoms with Crippen LogP contribution in [0.4, 0.5) is 0 Å². The highest BCUT2D eigenvalue weighted by molar-refractivity contribution is 5.40. The molecule has 0 bridgehead atoms. The highest BCUT2D eigenvalue weighted by Crippen LogP contribution is 2.27. The summed E-state index contributed by atoms with van der Waals surface area (Å²) in [6, 6.07) is 13.4. The average molecular weight is 313 g/mol. The molecule has 1 saturated heterocycles.